The number of hydrogen-bond donors (Lipinski definition) is 0. The second-order valence-electron chi connectivity index (χ2n) is 3.07. The summed E-state index contributed by atoms with van der Waals surface area (Å²) in [5.41, 5.74) is 1.48. The van der Waals surface area contributed by atoms with E-state index < -0.39 is 4.92 Å². The molecular formula is C11H10N2O2. The average molecular weight is 202 g/mol. The third-order valence-corrected chi connectivity index (χ3v) is 1.95. The molecule has 1 aromatic rings. The van der Waals surface area contributed by atoms with Crippen LogP contribution in [0.25, 0.3) is 6.08 Å². The normalized spacial score (nSPS) is 10.1. The molecule has 0 aromatic heterocycles. The number of hydrogen-bond acceptors (Lipinski definition) is 3. The maximum absolute atomic E-state index is 10.6. The number of nitrogens with zero attached hydrogens (tertiary/aromatic N) is 2. The van der Waals surface area contributed by atoms with Crippen LogP contribution < -0.4 is 0 Å². The van der Waals surface area contributed by atoms with Crippen LogP contribution in [0.1, 0.15) is 17.5 Å². The van der Waals surface area contributed by atoms with Gasteiger partial charge in [0.05, 0.1) is 17.4 Å². The molecule has 0 saturated heterocycles. The maximum Gasteiger partial charge on any atom is 0.272 e. The molecule has 0 atom stereocenters. The van der Waals surface area contributed by atoms with E-state index in [0.717, 1.165) is 5.56 Å². The van der Waals surface area contributed by atoms with Crippen molar-refractivity contribution in [1.82, 2.24) is 0 Å². The largest absolute Gasteiger partial charge is 0.272 e. The standard InChI is InChI=1S/C11H10N2O2/c1-9-5-6-10(4-2-3-7-12)8-11(9)13(14)15/h2,4-6,8H,3H2,1H3. The van der Waals surface area contributed by atoms with Gasteiger partial charge in [0.2, 0.25) is 0 Å². The third kappa shape index (κ3) is 2.92. The number of allylic oxidation sites excluding steroid dienone is 1. The topological polar surface area (TPSA) is 66.9 Å². The molecule has 0 saturated carbocycles. The fourth-order valence-electron chi connectivity index (χ4n) is 1.17. The Morgan fingerprint density at radius 2 is 2.33 bits per heavy atom. The highest BCUT2D eigenvalue weighted by Crippen LogP contribution is 2.19. The van der Waals surface area contributed by atoms with Gasteiger partial charge in [0.1, 0.15) is 0 Å². The lowest BCUT2D eigenvalue weighted by Gasteiger charge is -1.98. The Morgan fingerprint density at radius 3 is 2.93 bits per heavy atom. The lowest BCUT2D eigenvalue weighted by Crippen LogP contribution is -1.91. The Morgan fingerprint density at radius 1 is 1.60 bits per heavy atom. The summed E-state index contributed by atoms with van der Waals surface area (Å²) in [7, 11) is 0. The molecule has 0 amide bonds. The zero-order valence-electron chi connectivity index (χ0n) is 8.30. The third-order valence-electron chi connectivity index (χ3n) is 1.95. The van der Waals surface area contributed by atoms with Gasteiger partial charge in [-0.05, 0) is 12.5 Å². The number of benzene rings is 1. The number of nitro groups is 1. The first-order valence-corrected chi connectivity index (χ1v) is 4.43. The van der Waals surface area contributed by atoms with Gasteiger partial charge in [0.15, 0.2) is 0 Å². The van der Waals surface area contributed by atoms with Crippen LogP contribution in [0.3, 0.4) is 0 Å². The molecule has 0 aliphatic rings. The van der Waals surface area contributed by atoms with E-state index in [4.69, 9.17) is 5.26 Å². The highest BCUT2D eigenvalue weighted by atomic mass is 16.6. The van der Waals surface area contributed by atoms with Crippen molar-refractivity contribution in [2.75, 3.05) is 0 Å². The minimum absolute atomic E-state index is 0.106. The number of rotatable bonds is 3. The minimum Gasteiger partial charge on any atom is -0.258 e. The summed E-state index contributed by atoms with van der Waals surface area (Å²) in [5, 5.41) is 19.0. The van der Waals surface area contributed by atoms with Gasteiger partial charge >= 0.3 is 0 Å². The van der Waals surface area contributed by atoms with Crippen LogP contribution in [-0.4, -0.2) is 4.92 Å². The summed E-state index contributed by atoms with van der Waals surface area (Å²) in [6, 6.07) is 6.96. The van der Waals surface area contributed by atoms with Crippen molar-refractivity contribution in [3.63, 3.8) is 0 Å². The summed E-state index contributed by atoms with van der Waals surface area (Å²) in [6.45, 7) is 1.70. The van der Waals surface area contributed by atoms with Crippen molar-refractivity contribution < 1.29 is 4.92 Å². The zero-order chi connectivity index (χ0) is 11.3. The highest BCUT2D eigenvalue weighted by Gasteiger charge is 2.09. The molecule has 0 radical (unpaired) electrons. The first-order valence-electron chi connectivity index (χ1n) is 4.43. The van der Waals surface area contributed by atoms with Crippen molar-refractivity contribution in [2.45, 2.75) is 13.3 Å². The second kappa shape index (κ2) is 4.91. The average Bonchev–Trinajstić information content (AvgIpc) is 2.20. The molecule has 0 bridgehead atoms. The SMILES string of the molecule is Cc1ccc(C=CCC#N)cc1[N+](=O)[O-]. The van der Waals surface area contributed by atoms with E-state index in [2.05, 4.69) is 0 Å². The molecule has 4 heteroatoms. The zero-order valence-corrected chi connectivity index (χ0v) is 8.30. The van der Waals surface area contributed by atoms with Crippen molar-refractivity contribution >= 4 is 11.8 Å². The lowest BCUT2D eigenvalue weighted by molar-refractivity contribution is -0.385. The summed E-state index contributed by atoms with van der Waals surface area (Å²) in [6.07, 6.45) is 3.69. The Labute approximate surface area is 87.6 Å². The molecule has 0 unspecified atom stereocenters. The molecular weight excluding hydrogens is 192 g/mol. The van der Waals surface area contributed by atoms with Crippen molar-refractivity contribution in [2.24, 2.45) is 0 Å². The molecule has 0 heterocycles. The second-order valence-corrected chi connectivity index (χ2v) is 3.07. The summed E-state index contributed by atoms with van der Waals surface area (Å²) < 4.78 is 0. The smallest absolute Gasteiger partial charge is 0.258 e. The molecule has 0 N–H and O–H groups in total. The molecule has 0 spiro atoms. The van der Waals surface area contributed by atoms with Gasteiger partial charge in [-0.3, -0.25) is 10.1 Å². The van der Waals surface area contributed by atoms with Gasteiger partial charge in [0.25, 0.3) is 5.69 Å². The number of nitriles is 1. The first-order chi connectivity index (χ1) is 7.15. The van der Waals surface area contributed by atoms with E-state index in [1.165, 1.54) is 6.07 Å². The van der Waals surface area contributed by atoms with Crippen LogP contribution in [0.4, 0.5) is 5.69 Å². The van der Waals surface area contributed by atoms with Crippen LogP contribution in [-0.2, 0) is 0 Å². The Bertz CT molecular complexity index is 444. The van der Waals surface area contributed by atoms with Gasteiger partial charge in [-0.15, -0.1) is 0 Å². The van der Waals surface area contributed by atoms with Crippen LogP contribution in [0.15, 0.2) is 24.3 Å². The highest BCUT2D eigenvalue weighted by molar-refractivity contribution is 5.56. The molecule has 1 rings (SSSR count). The fourth-order valence-corrected chi connectivity index (χ4v) is 1.17. The van der Waals surface area contributed by atoms with E-state index >= 15 is 0 Å². The molecule has 1 aromatic carbocycles. The number of aryl methyl sites for hydroxylation is 1. The summed E-state index contributed by atoms with van der Waals surface area (Å²) in [4.78, 5) is 10.2. The lowest BCUT2D eigenvalue weighted by atomic mass is 10.1. The maximum atomic E-state index is 10.6. The monoisotopic (exact) mass is 202 g/mol. The van der Waals surface area contributed by atoms with Gasteiger partial charge in [-0.1, -0.05) is 24.3 Å². The van der Waals surface area contributed by atoms with Crippen molar-refractivity contribution in [3.05, 3.63) is 45.5 Å². The van der Waals surface area contributed by atoms with Crippen molar-refractivity contribution in [3.8, 4) is 6.07 Å². The van der Waals surface area contributed by atoms with E-state index in [0.29, 0.717) is 12.0 Å². The van der Waals surface area contributed by atoms with Gasteiger partial charge in [-0.25, -0.2) is 0 Å². The van der Waals surface area contributed by atoms with Gasteiger partial charge < -0.3 is 0 Å². The van der Waals surface area contributed by atoms with Crippen LogP contribution in [0.2, 0.25) is 0 Å². The number of nitro benzene ring substituents is 1. The van der Waals surface area contributed by atoms with E-state index in [9.17, 15) is 10.1 Å². The van der Waals surface area contributed by atoms with E-state index in [1.54, 1.807) is 31.2 Å². The van der Waals surface area contributed by atoms with Crippen LogP contribution in [0.5, 0.6) is 0 Å². The van der Waals surface area contributed by atoms with E-state index in [-0.39, 0.29) is 5.69 Å². The van der Waals surface area contributed by atoms with E-state index in [1.807, 2.05) is 6.07 Å². The molecule has 76 valence electrons. The van der Waals surface area contributed by atoms with Gasteiger partial charge in [-0.2, -0.15) is 5.26 Å². The Kier molecular flexibility index (Phi) is 3.58. The van der Waals surface area contributed by atoms with Crippen LogP contribution >= 0.6 is 0 Å². The van der Waals surface area contributed by atoms with Crippen LogP contribution in [0, 0.1) is 28.4 Å². The first kappa shape index (κ1) is 10.9. The van der Waals surface area contributed by atoms with Gasteiger partial charge in [0, 0.05) is 11.6 Å². The summed E-state index contributed by atoms with van der Waals surface area (Å²) in [5.74, 6) is 0. The summed E-state index contributed by atoms with van der Waals surface area (Å²) >= 11 is 0. The molecule has 0 aliphatic carbocycles. The minimum atomic E-state index is -0.406. The molecule has 0 fully saturated rings. The Hall–Kier alpha value is -2.15. The Balaban J connectivity index is 2.98. The fraction of sp³-hybridized carbons (Fsp3) is 0.182. The molecule has 0 aliphatic heterocycles. The predicted molar refractivity (Wildman–Crippen MR) is 57.1 cm³/mol. The van der Waals surface area contributed by atoms with Crippen molar-refractivity contribution in [1.29, 1.82) is 5.26 Å². The quantitative estimate of drug-likeness (QED) is 0.559. The predicted octanol–water partition coefficient (Wildman–Crippen LogP) is 2.83. The molecule has 4 nitrogen and oxygen atoms in total. The molecule has 15 heavy (non-hydrogen) atoms.